The second kappa shape index (κ2) is 26.2. The van der Waals surface area contributed by atoms with Gasteiger partial charge in [-0.2, -0.15) is 0 Å². The van der Waals surface area contributed by atoms with Gasteiger partial charge < -0.3 is 73.6 Å². The summed E-state index contributed by atoms with van der Waals surface area (Å²) in [6, 6.07) is 0. The summed E-state index contributed by atoms with van der Waals surface area (Å²) >= 11 is 12.3. The molecule has 14 atom stereocenters. The molecule has 0 radical (unpaired) electrons. The van der Waals surface area contributed by atoms with Crippen LogP contribution >= 0.6 is 23.2 Å². The molecule has 4 aliphatic rings. The van der Waals surface area contributed by atoms with Crippen LogP contribution in [-0.4, -0.2) is 153 Å². The van der Waals surface area contributed by atoms with E-state index in [-0.39, 0.29) is 47.3 Å². The highest BCUT2D eigenvalue weighted by Crippen LogP contribution is 2.45. The number of rotatable bonds is 13. The number of methoxy groups -OCH3 is 1. The molecule has 3 heterocycles. The number of carbonyl (C=O) groups is 3. The van der Waals surface area contributed by atoms with E-state index in [1.54, 1.807) is 39.8 Å². The predicted molar refractivity (Wildman–Crippen MR) is 268 cm³/mol. The molecule has 0 unspecified atom stereocenters. The summed E-state index contributed by atoms with van der Waals surface area (Å²) in [5.41, 5.74) is 0.334. The minimum Gasteiger partial charge on any atom is -0.505 e. The standard InChI is InChI=1S/C53H74Cl2O18/c1-11-30-23-26(4)34(57)19-14-13-16-32(24-67-52-46(66-10)41(60)44(29(7)68-52)70-50(65)36-33(12-2)37(54)40(59)38(55)39(36)58)49(64)69-35(28(6)56)21-20-25(3)22-27(5)43(30)72-51-42(61)45(47(62)53(8,9)73-51)71-48(63)31-17-15-18-31/h13-14,16,20,22-23,28-31,34-35,41-47,51-52,56-62H,11-12,15,17-19,21,24H2,1-10H3/b14-13+,25-20+,26-23+,27-22+,32-16+/t28-,29-,30+,34+,35+,41+,42+,43+,44-,45-,46+,47+,51-,52-/m1/s1. The molecule has 2 saturated heterocycles. The Hall–Kier alpha value is -3.89. The van der Waals surface area contributed by atoms with Gasteiger partial charge in [-0.15, -0.1) is 0 Å². The van der Waals surface area contributed by atoms with Crippen LogP contribution in [0.2, 0.25) is 10.0 Å². The fourth-order valence-corrected chi connectivity index (χ4v) is 9.69. The van der Waals surface area contributed by atoms with Crippen LogP contribution in [0.1, 0.15) is 117 Å². The number of esters is 3. The molecule has 1 aromatic rings. The number of halogens is 2. The second-order valence-corrected chi connectivity index (χ2v) is 20.6. The van der Waals surface area contributed by atoms with Crippen LogP contribution < -0.4 is 0 Å². The van der Waals surface area contributed by atoms with Crippen LogP contribution in [0.15, 0.2) is 58.7 Å². The normalized spacial score (nSPS) is 35.6. The number of carbonyl (C=O) groups excluding carboxylic acids is 3. The van der Waals surface area contributed by atoms with E-state index in [0.29, 0.717) is 36.0 Å². The minimum absolute atomic E-state index is 0.0343. The summed E-state index contributed by atoms with van der Waals surface area (Å²) in [4.78, 5) is 40.5. The lowest BCUT2D eigenvalue weighted by Gasteiger charge is -2.47. The third kappa shape index (κ3) is 14.3. The van der Waals surface area contributed by atoms with E-state index < -0.39 is 132 Å². The first-order valence-corrected chi connectivity index (χ1v) is 25.6. The van der Waals surface area contributed by atoms with E-state index in [1.165, 1.54) is 33.1 Å². The highest BCUT2D eigenvalue weighted by atomic mass is 35.5. The quantitative estimate of drug-likeness (QED) is 0.0642. The number of benzene rings is 1. The lowest BCUT2D eigenvalue weighted by atomic mass is 9.85. The number of phenols is 2. The summed E-state index contributed by atoms with van der Waals surface area (Å²) in [5.74, 6) is -4.51. The highest BCUT2D eigenvalue weighted by Gasteiger charge is 2.53. The van der Waals surface area contributed by atoms with Crippen molar-refractivity contribution in [1.82, 2.24) is 0 Å². The van der Waals surface area contributed by atoms with Crippen molar-refractivity contribution in [3.8, 4) is 11.5 Å². The molecular weight excluding hydrogens is 995 g/mol. The van der Waals surface area contributed by atoms with Gasteiger partial charge in [0.25, 0.3) is 0 Å². The number of ether oxygens (including phenoxy) is 8. The summed E-state index contributed by atoms with van der Waals surface area (Å²) in [5, 5.41) is 76.8. The van der Waals surface area contributed by atoms with Gasteiger partial charge >= 0.3 is 17.9 Å². The fraction of sp³-hybridized carbons (Fsp3) is 0.642. The average Bonchev–Trinajstić information content (AvgIpc) is 3.31. The summed E-state index contributed by atoms with van der Waals surface area (Å²) in [7, 11) is 1.26. The van der Waals surface area contributed by atoms with Crippen molar-refractivity contribution in [2.75, 3.05) is 13.7 Å². The van der Waals surface area contributed by atoms with Gasteiger partial charge in [0, 0.05) is 19.4 Å². The zero-order valence-electron chi connectivity index (χ0n) is 43.2. The third-order valence-corrected chi connectivity index (χ3v) is 14.7. The molecule has 0 aromatic heterocycles. The Morgan fingerprint density at radius 3 is 2.21 bits per heavy atom. The Balaban J connectivity index is 1.38. The largest absolute Gasteiger partial charge is 0.505 e. The summed E-state index contributed by atoms with van der Waals surface area (Å²) in [6.45, 7) is 14.8. The zero-order chi connectivity index (χ0) is 54.2. The maximum Gasteiger partial charge on any atom is 0.342 e. The van der Waals surface area contributed by atoms with Crippen molar-refractivity contribution >= 4 is 41.1 Å². The van der Waals surface area contributed by atoms with Gasteiger partial charge in [0.05, 0.1) is 53.1 Å². The second-order valence-electron chi connectivity index (χ2n) is 19.8. The number of aliphatic hydroxyl groups excluding tert-OH is 5. The number of phenolic OH excluding ortho intramolecular Hbond substituents is 2. The molecule has 73 heavy (non-hydrogen) atoms. The Morgan fingerprint density at radius 2 is 1.60 bits per heavy atom. The Kier molecular flexibility index (Phi) is 21.6. The first-order chi connectivity index (χ1) is 34.4. The van der Waals surface area contributed by atoms with Gasteiger partial charge in [-0.3, -0.25) is 4.79 Å². The van der Waals surface area contributed by atoms with Crippen LogP contribution in [0.4, 0.5) is 0 Å². The molecule has 0 amide bonds. The smallest absolute Gasteiger partial charge is 0.342 e. The van der Waals surface area contributed by atoms with Crippen molar-refractivity contribution in [3.63, 3.8) is 0 Å². The lowest BCUT2D eigenvalue weighted by molar-refractivity contribution is -0.333. The number of cyclic esters (lactones) is 1. The van der Waals surface area contributed by atoms with Gasteiger partial charge in [0.2, 0.25) is 0 Å². The van der Waals surface area contributed by atoms with Gasteiger partial charge in [0.1, 0.15) is 41.1 Å². The summed E-state index contributed by atoms with van der Waals surface area (Å²) < 4.78 is 47.8. The minimum atomic E-state index is -1.57. The van der Waals surface area contributed by atoms with Crippen LogP contribution in [0.25, 0.3) is 0 Å². The van der Waals surface area contributed by atoms with Gasteiger partial charge in [0.15, 0.2) is 36.3 Å². The van der Waals surface area contributed by atoms with Gasteiger partial charge in [-0.25, -0.2) is 9.59 Å². The van der Waals surface area contributed by atoms with E-state index in [2.05, 4.69) is 0 Å². The monoisotopic (exact) mass is 1070 g/mol. The molecule has 20 heteroatoms. The number of aliphatic hydroxyl groups is 5. The molecule has 1 aromatic carbocycles. The van der Waals surface area contributed by atoms with Crippen molar-refractivity contribution in [2.24, 2.45) is 11.8 Å². The zero-order valence-corrected chi connectivity index (χ0v) is 44.7. The first kappa shape index (κ1) is 60.0. The van der Waals surface area contributed by atoms with Crippen molar-refractivity contribution in [1.29, 1.82) is 0 Å². The Bertz CT molecular complexity index is 2270. The molecule has 5 rings (SSSR count). The Morgan fingerprint density at radius 1 is 0.918 bits per heavy atom. The van der Waals surface area contributed by atoms with E-state index in [0.717, 1.165) is 6.42 Å². The maximum atomic E-state index is 14.0. The molecule has 3 aliphatic heterocycles. The lowest BCUT2D eigenvalue weighted by Crippen LogP contribution is -2.64. The van der Waals surface area contributed by atoms with E-state index in [9.17, 15) is 50.1 Å². The van der Waals surface area contributed by atoms with E-state index in [1.807, 2.05) is 32.9 Å². The number of hydrogen-bond acceptors (Lipinski definition) is 18. The highest BCUT2D eigenvalue weighted by molar-refractivity contribution is 6.39. The van der Waals surface area contributed by atoms with Crippen LogP contribution in [0, 0.1) is 11.8 Å². The van der Waals surface area contributed by atoms with Crippen molar-refractivity contribution in [2.45, 2.75) is 193 Å². The molecule has 1 aliphatic carbocycles. The van der Waals surface area contributed by atoms with Crippen molar-refractivity contribution < 1.29 is 88.0 Å². The van der Waals surface area contributed by atoms with E-state index in [4.69, 9.17) is 61.1 Å². The van der Waals surface area contributed by atoms with Crippen LogP contribution in [0.3, 0.4) is 0 Å². The molecule has 7 N–H and O–H groups in total. The topological polar surface area (TPSA) is 267 Å². The predicted octanol–water partition coefficient (Wildman–Crippen LogP) is 6.38. The molecule has 408 valence electrons. The molecule has 0 spiro atoms. The van der Waals surface area contributed by atoms with Crippen LogP contribution in [-0.2, 0) is 53.9 Å². The average molecular weight is 1070 g/mol. The molecule has 0 bridgehead atoms. The summed E-state index contributed by atoms with van der Waals surface area (Å²) in [6.07, 6.45) is -2.99. The SMILES string of the molecule is CCc1c(Cl)c(O)c(Cl)c(O)c1C(=O)O[C@H]1[C@H](O)[C@H](OC)[C@H](OC/C2=C\C=C\C[C@H](O)/C(C)=C/[C@H](CC)[C@@H](O[C@@H]3OC(C)(C)[C@@H](O)[C@H](OC(=O)C4CCC4)[C@@H]3O)/C(C)=C/C(C)=C/C[C@@H]([C@@H](C)O)OC2=O)O[C@@H]1C. The molecular formula is C53H74Cl2O18. The van der Waals surface area contributed by atoms with Crippen LogP contribution in [0.5, 0.6) is 11.5 Å². The number of aromatic hydroxyl groups is 2. The molecule has 3 fully saturated rings. The fourth-order valence-electron chi connectivity index (χ4n) is 9.13. The maximum absolute atomic E-state index is 14.0. The van der Waals surface area contributed by atoms with Crippen molar-refractivity contribution in [3.05, 3.63) is 79.9 Å². The number of allylic oxidation sites excluding steroid dienone is 4. The first-order valence-electron chi connectivity index (χ1n) is 24.8. The molecule has 18 nitrogen and oxygen atoms in total. The molecule has 1 saturated carbocycles. The van der Waals surface area contributed by atoms with E-state index >= 15 is 0 Å². The van der Waals surface area contributed by atoms with Gasteiger partial charge in [-0.05, 0) is 103 Å². The third-order valence-electron chi connectivity index (χ3n) is 14.0. The number of hydrogen-bond donors (Lipinski definition) is 7. The Labute approximate surface area is 437 Å². The van der Waals surface area contributed by atoms with Gasteiger partial charge in [-0.1, -0.05) is 79.4 Å².